The van der Waals surface area contributed by atoms with Crippen LogP contribution in [-0.2, 0) is 13.1 Å². The Labute approximate surface area is 160 Å². The second kappa shape index (κ2) is 7.15. The highest BCUT2D eigenvalue weighted by Gasteiger charge is 2.25. The van der Waals surface area contributed by atoms with Gasteiger partial charge < -0.3 is 5.32 Å². The molecule has 1 aromatic carbocycles. The third kappa shape index (κ3) is 3.00. The highest BCUT2D eigenvalue weighted by Crippen LogP contribution is 2.28. The van der Waals surface area contributed by atoms with Crippen LogP contribution in [-0.4, -0.2) is 32.0 Å². The number of hydrogen-bond donors (Lipinski definition) is 1. The van der Waals surface area contributed by atoms with Gasteiger partial charge in [-0.05, 0) is 24.7 Å². The maximum absolute atomic E-state index is 6.42. The molecular weight excluding hydrogens is 371 g/mol. The quantitative estimate of drug-likeness (QED) is 0.697. The molecule has 4 rings (SSSR count). The Hall–Kier alpha value is -2.28. The third-order valence-electron chi connectivity index (χ3n) is 4.14. The Bertz CT molecular complexity index is 995. The average molecular weight is 387 g/mol. The van der Waals surface area contributed by atoms with Crippen LogP contribution in [0.25, 0.3) is 5.69 Å². The van der Waals surface area contributed by atoms with E-state index in [-0.39, 0.29) is 0 Å². The fourth-order valence-corrected chi connectivity index (χ4v) is 3.33. The molecule has 0 fully saturated rings. The molecular formula is C18H16Cl2N6. The Morgan fingerprint density at radius 3 is 2.77 bits per heavy atom. The van der Waals surface area contributed by atoms with Gasteiger partial charge in [-0.3, -0.25) is 9.56 Å². The lowest BCUT2D eigenvalue weighted by atomic mass is 10.1. The van der Waals surface area contributed by atoms with E-state index in [1.54, 1.807) is 6.07 Å². The summed E-state index contributed by atoms with van der Waals surface area (Å²) in [5.74, 6) is 1.56. The topological polar surface area (TPSA) is 68.0 Å². The largest absolute Gasteiger partial charge is 0.310 e. The monoisotopic (exact) mass is 386 g/mol. The van der Waals surface area contributed by atoms with Crippen molar-refractivity contribution in [2.24, 2.45) is 4.99 Å². The van der Waals surface area contributed by atoms with Gasteiger partial charge in [-0.15, -0.1) is 10.2 Å². The normalized spacial score (nSPS) is 13.0. The van der Waals surface area contributed by atoms with Gasteiger partial charge in [0.15, 0.2) is 11.6 Å². The molecule has 1 aliphatic rings. The number of benzene rings is 1. The molecule has 0 bridgehead atoms. The van der Waals surface area contributed by atoms with E-state index < -0.39 is 0 Å². The number of nitrogens with zero attached hydrogens (tertiary/aromatic N) is 5. The van der Waals surface area contributed by atoms with Crippen LogP contribution in [0.4, 0.5) is 0 Å². The fourth-order valence-electron chi connectivity index (χ4n) is 2.96. The number of halogens is 2. The third-order valence-corrected chi connectivity index (χ3v) is 4.68. The Morgan fingerprint density at radius 2 is 1.96 bits per heavy atom. The van der Waals surface area contributed by atoms with Crippen LogP contribution in [0.1, 0.15) is 29.8 Å². The number of hydrogen-bond acceptors (Lipinski definition) is 5. The van der Waals surface area contributed by atoms with Gasteiger partial charge in [0.1, 0.15) is 17.4 Å². The zero-order valence-corrected chi connectivity index (χ0v) is 15.6. The van der Waals surface area contributed by atoms with E-state index in [4.69, 9.17) is 28.2 Å². The first kappa shape index (κ1) is 17.1. The SMILES string of the molecule is CCNCc1nnc2n1-c1ccc(Cl)nc1C(c1ccccc1Cl)=NC2. The van der Waals surface area contributed by atoms with Gasteiger partial charge in [0.05, 0.1) is 23.0 Å². The van der Waals surface area contributed by atoms with Crippen molar-refractivity contribution in [2.45, 2.75) is 20.0 Å². The summed E-state index contributed by atoms with van der Waals surface area (Å²) < 4.78 is 1.99. The van der Waals surface area contributed by atoms with E-state index in [1.165, 1.54) is 0 Å². The minimum Gasteiger partial charge on any atom is -0.310 e. The highest BCUT2D eigenvalue weighted by atomic mass is 35.5. The first-order valence-electron chi connectivity index (χ1n) is 8.29. The number of aromatic nitrogens is 4. The lowest BCUT2D eigenvalue weighted by Gasteiger charge is -2.13. The molecule has 0 spiro atoms. The molecule has 0 atom stereocenters. The zero-order valence-electron chi connectivity index (χ0n) is 14.1. The summed E-state index contributed by atoms with van der Waals surface area (Å²) in [6.45, 7) is 3.88. The Morgan fingerprint density at radius 1 is 1.12 bits per heavy atom. The summed E-state index contributed by atoms with van der Waals surface area (Å²) in [5, 5.41) is 12.9. The van der Waals surface area contributed by atoms with Crippen molar-refractivity contribution in [3.63, 3.8) is 0 Å². The van der Waals surface area contributed by atoms with Crippen molar-refractivity contribution in [1.82, 2.24) is 25.1 Å². The highest BCUT2D eigenvalue weighted by molar-refractivity contribution is 6.35. The van der Waals surface area contributed by atoms with Crippen LogP contribution in [0, 0.1) is 0 Å². The van der Waals surface area contributed by atoms with E-state index >= 15 is 0 Å². The second-order valence-electron chi connectivity index (χ2n) is 5.79. The minimum atomic E-state index is 0.383. The van der Waals surface area contributed by atoms with Crippen LogP contribution >= 0.6 is 23.2 Å². The molecule has 0 saturated heterocycles. The van der Waals surface area contributed by atoms with E-state index in [2.05, 4.69) is 20.5 Å². The zero-order chi connectivity index (χ0) is 18.1. The van der Waals surface area contributed by atoms with E-state index in [0.29, 0.717) is 34.7 Å². The summed E-state index contributed by atoms with van der Waals surface area (Å²) in [5.41, 5.74) is 3.03. The Kier molecular flexibility index (Phi) is 4.72. The summed E-state index contributed by atoms with van der Waals surface area (Å²) in [4.78, 5) is 9.29. The maximum atomic E-state index is 6.42. The molecule has 0 aliphatic carbocycles. The molecule has 8 heteroatoms. The molecule has 6 nitrogen and oxygen atoms in total. The van der Waals surface area contributed by atoms with Crippen LogP contribution < -0.4 is 5.32 Å². The van der Waals surface area contributed by atoms with E-state index in [1.807, 2.05) is 41.8 Å². The smallest absolute Gasteiger partial charge is 0.159 e. The van der Waals surface area contributed by atoms with Gasteiger partial charge >= 0.3 is 0 Å². The van der Waals surface area contributed by atoms with Crippen molar-refractivity contribution in [2.75, 3.05) is 6.54 Å². The summed E-state index contributed by atoms with van der Waals surface area (Å²) in [7, 11) is 0. The fraction of sp³-hybridized carbons (Fsp3) is 0.222. The molecule has 1 N–H and O–H groups in total. The summed E-state index contributed by atoms with van der Waals surface area (Å²) >= 11 is 12.6. The van der Waals surface area contributed by atoms with Gasteiger partial charge in [0, 0.05) is 5.56 Å². The van der Waals surface area contributed by atoms with Crippen LogP contribution in [0.15, 0.2) is 41.4 Å². The lowest BCUT2D eigenvalue weighted by Crippen LogP contribution is -2.18. The predicted octanol–water partition coefficient (Wildman–Crippen LogP) is 3.43. The molecule has 3 aromatic rings. The molecule has 26 heavy (non-hydrogen) atoms. The van der Waals surface area contributed by atoms with Gasteiger partial charge in [0.2, 0.25) is 0 Å². The molecule has 0 unspecified atom stereocenters. The summed E-state index contributed by atoms with van der Waals surface area (Å²) in [6, 6.07) is 11.3. The molecule has 132 valence electrons. The number of nitrogens with one attached hydrogen (secondary N) is 1. The van der Waals surface area contributed by atoms with Crippen LogP contribution in [0.3, 0.4) is 0 Å². The first-order valence-corrected chi connectivity index (χ1v) is 9.05. The Balaban J connectivity index is 1.92. The maximum Gasteiger partial charge on any atom is 0.159 e. The van der Waals surface area contributed by atoms with Crippen molar-refractivity contribution >= 4 is 28.9 Å². The first-order chi connectivity index (χ1) is 12.7. The molecule has 0 radical (unpaired) electrons. The molecule has 0 saturated carbocycles. The molecule has 3 heterocycles. The van der Waals surface area contributed by atoms with Crippen molar-refractivity contribution in [3.8, 4) is 5.69 Å². The average Bonchev–Trinajstić information content (AvgIpc) is 2.97. The molecule has 0 amide bonds. The van der Waals surface area contributed by atoms with Crippen LogP contribution in [0.5, 0.6) is 0 Å². The number of pyridine rings is 1. The standard InChI is InChI=1S/C18H16Cl2N6/c1-2-21-9-15-24-25-16-10-22-17(11-5-3-4-6-12(11)19)18-13(26(15)16)7-8-14(20)23-18/h3-8,21H,2,9-10H2,1H3. The van der Waals surface area contributed by atoms with E-state index in [0.717, 1.165) is 29.4 Å². The number of aliphatic imine (C=N–C) groups is 1. The van der Waals surface area contributed by atoms with Gasteiger partial charge in [0.25, 0.3) is 0 Å². The van der Waals surface area contributed by atoms with Crippen LogP contribution in [0.2, 0.25) is 10.2 Å². The van der Waals surface area contributed by atoms with Gasteiger partial charge in [-0.1, -0.05) is 48.3 Å². The number of rotatable bonds is 4. The summed E-state index contributed by atoms with van der Waals surface area (Å²) in [6.07, 6.45) is 0. The van der Waals surface area contributed by atoms with Gasteiger partial charge in [-0.2, -0.15) is 0 Å². The predicted molar refractivity (Wildman–Crippen MR) is 102 cm³/mol. The van der Waals surface area contributed by atoms with Crippen molar-refractivity contribution in [1.29, 1.82) is 0 Å². The van der Waals surface area contributed by atoms with Crippen molar-refractivity contribution < 1.29 is 0 Å². The second-order valence-corrected chi connectivity index (χ2v) is 6.59. The lowest BCUT2D eigenvalue weighted by molar-refractivity contribution is 0.674. The van der Waals surface area contributed by atoms with E-state index in [9.17, 15) is 0 Å². The number of fused-ring (bicyclic) bond motifs is 3. The van der Waals surface area contributed by atoms with Gasteiger partial charge in [-0.25, -0.2) is 4.98 Å². The molecule has 2 aromatic heterocycles. The minimum absolute atomic E-state index is 0.383. The molecule has 1 aliphatic heterocycles. The van der Waals surface area contributed by atoms with Crippen molar-refractivity contribution in [3.05, 3.63) is 69.5 Å².